The van der Waals surface area contributed by atoms with Crippen LogP contribution in [0.4, 0.5) is 5.69 Å². The van der Waals surface area contributed by atoms with Crippen molar-refractivity contribution in [3.05, 3.63) is 99.5 Å². The van der Waals surface area contributed by atoms with Crippen LogP contribution in [0.1, 0.15) is 23.6 Å². The van der Waals surface area contributed by atoms with E-state index in [-0.39, 0.29) is 6.04 Å². The summed E-state index contributed by atoms with van der Waals surface area (Å²) in [5.41, 5.74) is 4.38. The molecule has 0 aromatic heterocycles. The number of hydrogen-bond donors (Lipinski definition) is 0. The van der Waals surface area contributed by atoms with E-state index in [4.69, 9.17) is 16.7 Å². The van der Waals surface area contributed by atoms with Crippen LogP contribution in [0.5, 0.6) is 0 Å². The van der Waals surface area contributed by atoms with Gasteiger partial charge in [0, 0.05) is 15.9 Å². The third kappa shape index (κ3) is 3.35. The van der Waals surface area contributed by atoms with Crippen molar-refractivity contribution in [2.75, 3.05) is 5.01 Å². The number of nitrogens with zero attached hydrogens (tertiary/aromatic N) is 2. The van der Waals surface area contributed by atoms with Crippen molar-refractivity contribution in [3.63, 3.8) is 0 Å². The van der Waals surface area contributed by atoms with Crippen molar-refractivity contribution in [2.45, 2.75) is 12.5 Å². The molecule has 1 aliphatic rings. The minimum atomic E-state index is 0.0924. The second-order valence-corrected chi connectivity index (χ2v) is 7.30. The Hall–Kier alpha value is -2.10. The molecule has 0 bridgehead atoms. The fraction of sp³-hybridized carbons (Fsp3) is 0.0952. The lowest BCUT2D eigenvalue weighted by atomic mass is 9.98. The molecule has 0 saturated carbocycles. The van der Waals surface area contributed by atoms with Gasteiger partial charge in [-0.25, -0.2) is 0 Å². The number of para-hydroxylation sites is 1. The number of halogens is 2. The third-order valence-electron chi connectivity index (χ3n) is 4.37. The number of benzene rings is 3. The molecule has 2 nitrogen and oxygen atoms in total. The van der Waals surface area contributed by atoms with Crippen LogP contribution in [0.25, 0.3) is 0 Å². The summed E-state index contributed by atoms with van der Waals surface area (Å²) in [6.07, 6.45) is 0.820. The van der Waals surface area contributed by atoms with Gasteiger partial charge in [0.05, 0.1) is 17.4 Å². The first kappa shape index (κ1) is 16.4. The Morgan fingerprint density at radius 3 is 2.28 bits per heavy atom. The SMILES string of the molecule is Clc1ccccc1C1CC(c2ccc(Br)cc2)=NN1c1ccccc1. The second kappa shape index (κ2) is 7.03. The van der Waals surface area contributed by atoms with E-state index >= 15 is 0 Å². The van der Waals surface area contributed by atoms with Gasteiger partial charge in [0.2, 0.25) is 0 Å². The molecule has 0 saturated heterocycles. The molecule has 0 N–H and O–H groups in total. The predicted molar refractivity (Wildman–Crippen MR) is 108 cm³/mol. The minimum Gasteiger partial charge on any atom is -0.257 e. The van der Waals surface area contributed by atoms with Gasteiger partial charge in [-0.1, -0.05) is 76.1 Å². The van der Waals surface area contributed by atoms with Gasteiger partial charge in [-0.2, -0.15) is 5.10 Å². The Labute approximate surface area is 160 Å². The normalized spacial score (nSPS) is 16.8. The molecule has 1 atom stereocenters. The van der Waals surface area contributed by atoms with Crippen LogP contribution in [0.3, 0.4) is 0 Å². The lowest BCUT2D eigenvalue weighted by Gasteiger charge is -2.24. The van der Waals surface area contributed by atoms with Crippen molar-refractivity contribution in [3.8, 4) is 0 Å². The summed E-state index contributed by atoms with van der Waals surface area (Å²) in [6, 6.07) is 26.7. The molecule has 0 fully saturated rings. The predicted octanol–water partition coefficient (Wildman–Crippen LogP) is 6.46. The molecular formula is C21H16BrClN2. The number of anilines is 1. The first-order chi connectivity index (χ1) is 12.2. The molecule has 3 aromatic rings. The fourth-order valence-electron chi connectivity index (χ4n) is 3.13. The van der Waals surface area contributed by atoms with Crippen LogP contribution in [0.15, 0.2) is 88.4 Å². The van der Waals surface area contributed by atoms with Crippen molar-refractivity contribution >= 4 is 38.9 Å². The maximum Gasteiger partial charge on any atom is 0.0846 e. The summed E-state index contributed by atoms with van der Waals surface area (Å²) in [5, 5.41) is 7.79. The average molecular weight is 412 g/mol. The lowest BCUT2D eigenvalue weighted by Crippen LogP contribution is -2.18. The van der Waals surface area contributed by atoms with Crippen LogP contribution in [0, 0.1) is 0 Å². The zero-order valence-corrected chi connectivity index (χ0v) is 15.8. The van der Waals surface area contributed by atoms with Crippen LogP contribution in [-0.2, 0) is 0 Å². The highest BCUT2D eigenvalue weighted by atomic mass is 79.9. The topological polar surface area (TPSA) is 15.6 Å². The van der Waals surface area contributed by atoms with Crippen LogP contribution in [-0.4, -0.2) is 5.71 Å². The summed E-state index contributed by atoms with van der Waals surface area (Å²) < 4.78 is 1.07. The van der Waals surface area contributed by atoms with Gasteiger partial charge in [0.25, 0.3) is 0 Å². The molecule has 25 heavy (non-hydrogen) atoms. The Bertz CT molecular complexity index is 907. The molecule has 1 unspecified atom stereocenters. The highest BCUT2D eigenvalue weighted by Gasteiger charge is 2.31. The Kier molecular flexibility index (Phi) is 4.60. The average Bonchev–Trinajstić information content (AvgIpc) is 3.08. The van der Waals surface area contributed by atoms with Crippen molar-refractivity contribution in [1.82, 2.24) is 0 Å². The van der Waals surface area contributed by atoms with E-state index in [1.165, 1.54) is 0 Å². The van der Waals surface area contributed by atoms with Gasteiger partial charge in [-0.15, -0.1) is 0 Å². The molecule has 1 heterocycles. The lowest BCUT2D eigenvalue weighted by molar-refractivity contribution is 0.709. The molecular weight excluding hydrogens is 396 g/mol. The molecule has 4 heteroatoms. The first-order valence-corrected chi connectivity index (χ1v) is 9.31. The summed E-state index contributed by atoms with van der Waals surface area (Å²) in [4.78, 5) is 0. The second-order valence-electron chi connectivity index (χ2n) is 5.98. The number of hydrazone groups is 1. The molecule has 0 radical (unpaired) electrons. The van der Waals surface area contributed by atoms with E-state index in [0.29, 0.717) is 0 Å². The van der Waals surface area contributed by atoms with E-state index in [2.05, 4.69) is 51.3 Å². The number of rotatable bonds is 3. The Balaban J connectivity index is 1.77. The quantitative estimate of drug-likeness (QED) is 0.483. The molecule has 3 aromatic carbocycles. The summed E-state index contributed by atoms with van der Waals surface area (Å²) in [6.45, 7) is 0. The van der Waals surface area contributed by atoms with Gasteiger partial charge in [0.1, 0.15) is 0 Å². The standard InChI is InChI=1S/C21H16BrClN2/c22-16-12-10-15(11-13-16)20-14-21(18-8-4-5-9-19(18)23)25(24-20)17-6-2-1-3-7-17/h1-13,21H,14H2. The first-order valence-electron chi connectivity index (χ1n) is 8.14. The van der Waals surface area contributed by atoms with E-state index in [0.717, 1.165) is 38.4 Å². The largest absolute Gasteiger partial charge is 0.257 e. The fourth-order valence-corrected chi connectivity index (χ4v) is 3.66. The van der Waals surface area contributed by atoms with Gasteiger partial charge in [0.15, 0.2) is 0 Å². The van der Waals surface area contributed by atoms with Crippen LogP contribution in [0.2, 0.25) is 5.02 Å². The number of hydrogen-bond acceptors (Lipinski definition) is 2. The maximum atomic E-state index is 6.49. The molecule has 1 aliphatic heterocycles. The van der Waals surface area contributed by atoms with Gasteiger partial charge in [-0.3, -0.25) is 5.01 Å². The third-order valence-corrected chi connectivity index (χ3v) is 5.25. The maximum absolute atomic E-state index is 6.49. The van der Waals surface area contributed by atoms with E-state index in [9.17, 15) is 0 Å². The molecule has 0 spiro atoms. The Morgan fingerprint density at radius 1 is 0.880 bits per heavy atom. The van der Waals surface area contributed by atoms with E-state index in [1.54, 1.807) is 0 Å². The smallest absolute Gasteiger partial charge is 0.0846 e. The van der Waals surface area contributed by atoms with Gasteiger partial charge in [-0.05, 0) is 41.5 Å². The van der Waals surface area contributed by atoms with Gasteiger partial charge < -0.3 is 0 Å². The monoisotopic (exact) mass is 410 g/mol. The molecule has 0 amide bonds. The zero-order valence-electron chi connectivity index (χ0n) is 13.4. The summed E-state index contributed by atoms with van der Waals surface area (Å²) in [5.74, 6) is 0. The minimum absolute atomic E-state index is 0.0924. The van der Waals surface area contributed by atoms with Crippen LogP contribution < -0.4 is 5.01 Å². The molecule has 4 rings (SSSR count). The highest BCUT2D eigenvalue weighted by molar-refractivity contribution is 9.10. The van der Waals surface area contributed by atoms with Crippen LogP contribution >= 0.6 is 27.5 Å². The van der Waals surface area contributed by atoms with Crippen molar-refractivity contribution in [1.29, 1.82) is 0 Å². The van der Waals surface area contributed by atoms with Crippen molar-refractivity contribution in [2.24, 2.45) is 5.10 Å². The summed E-state index contributed by atoms with van der Waals surface area (Å²) >= 11 is 9.98. The summed E-state index contributed by atoms with van der Waals surface area (Å²) in [7, 11) is 0. The molecule has 124 valence electrons. The van der Waals surface area contributed by atoms with E-state index in [1.807, 2.05) is 48.5 Å². The molecule has 0 aliphatic carbocycles. The zero-order chi connectivity index (χ0) is 17.2. The van der Waals surface area contributed by atoms with E-state index < -0.39 is 0 Å². The highest BCUT2D eigenvalue weighted by Crippen LogP contribution is 2.39. The van der Waals surface area contributed by atoms with Gasteiger partial charge >= 0.3 is 0 Å². The Morgan fingerprint density at radius 2 is 1.56 bits per heavy atom. The van der Waals surface area contributed by atoms with Crippen molar-refractivity contribution < 1.29 is 0 Å².